The maximum absolute atomic E-state index is 11.0. The van der Waals surface area contributed by atoms with Gasteiger partial charge in [0.15, 0.2) is 0 Å². The van der Waals surface area contributed by atoms with Gasteiger partial charge in [-0.05, 0) is 19.9 Å². The van der Waals surface area contributed by atoms with E-state index in [-0.39, 0.29) is 18.6 Å². The number of hydrogen-bond acceptors (Lipinski definition) is 3. The van der Waals surface area contributed by atoms with E-state index in [4.69, 9.17) is 9.84 Å². The maximum atomic E-state index is 11.0. The topological polar surface area (TPSA) is 49.8 Å². The summed E-state index contributed by atoms with van der Waals surface area (Å²) in [7, 11) is 0. The first-order chi connectivity index (χ1) is 8.59. The van der Waals surface area contributed by atoms with E-state index in [2.05, 4.69) is 0 Å². The zero-order valence-corrected chi connectivity index (χ0v) is 10.8. The number of carboxylic acids is 1. The fourth-order valence-electron chi connectivity index (χ4n) is 2.48. The summed E-state index contributed by atoms with van der Waals surface area (Å²) in [5, 5.41) is 9.04. The molecule has 0 saturated heterocycles. The molecule has 0 radical (unpaired) electrons. The van der Waals surface area contributed by atoms with Crippen LogP contribution >= 0.6 is 0 Å². The van der Waals surface area contributed by atoms with Gasteiger partial charge in [0.05, 0.1) is 13.2 Å². The molecule has 0 fully saturated rings. The third kappa shape index (κ3) is 2.64. The minimum Gasteiger partial charge on any atom is -0.493 e. The first-order valence-electron chi connectivity index (χ1n) is 6.29. The van der Waals surface area contributed by atoms with Gasteiger partial charge in [0, 0.05) is 24.1 Å². The van der Waals surface area contributed by atoms with Crippen LogP contribution in [0.25, 0.3) is 0 Å². The van der Waals surface area contributed by atoms with E-state index in [0.717, 1.165) is 17.7 Å². The van der Waals surface area contributed by atoms with Crippen molar-refractivity contribution >= 4 is 5.97 Å². The van der Waals surface area contributed by atoms with Gasteiger partial charge in [-0.2, -0.15) is 0 Å². The zero-order valence-electron chi connectivity index (χ0n) is 10.8. The molecule has 1 aliphatic heterocycles. The van der Waals surface area contributed by atoms with Gasteiger partial charge in [0.2, 0.25) is 0 Å². The second kappa shape index (κ2) is 5.40. The monoisotopic (exact) mass is 249 g/mol. The smallest absolute Gasteiger partial charge is 0.317 e. The Morgan fingerprint density at radius 1 is 1.50 bits per heavy atom. The number of carbonyl (C=O) groups is 1. The quantitative estimate of drug-likeness (QED) is 0.889. The summed E-state index contributed by atoms with van der Waals surface area (Å²) < 4.78 is 5.61. The number of nitrogens with zero attached hydrogens (tertiary/aromatic N) is 1. The van der Waals surface area contributed by atoms with Gasteiger partial charge < -0.3 is 9.84 Å². The highest BCUT2D eigenvalue weighted by Gasteiger charge is 2.29. The molecule has 1 heterocycles. The lowest BCUT2D eigenvalue weighted by atomic mass is 9.97. The van der Waals surface area contributed by atoms with Gasteiger partial charge in [-0.25, -0.2) is 0 Å². The van der Waals surface area contributed by atoms with Crippen molar-refractivity contribution in [2.75, 3.05) is 13.2 Å². The number of ether oxygens (including phenoxy) is 1. The van der Waals surface area contributed by atoms with Gasteiger partial charge in [-0.15, -0.1) is 0 Å². The molecule has 1 aromatic rings. The number of carboxylic acid groups (broad SMARTS) is 1. The van der Waals surface area contributed by atoms with E-state index in [1.807, 2.05) is 43.0 Å². The molecule has 0 bridgehead atoms. The Morgan fingerprint density at radius 2 is 2.22 bits per heavy atom. The van der Waals surface area contributed by atoms with E-state index < -0.39 is 5.97 Å². The molecule has 1 N–H and O–H groups in total. The Kier molecular flexibility index (Phi) is 3.87. The first-order valence-corrected chi connectivity index (χ1v) is 6.29. The summed E-state index contributed by atoms with van der Waals surface area (Å²) in [5.74, 6) is 0.0949. The van der Waals surface area contributed by atoms with Crippen molar-refractivity contribution < 1.29 is 14.6 Å². The molecule has 0 amide bonds. The van der Waals surface area contributed by atoms with Crippen molar-refractivity contribution in [3.63, 3.8) is 0 Å². The summed E-state index contributed by atoms with van der Waals surface area (Å²) in [4.78, 5) is 13.0. The molecule has 98 valence electrons. The molecule has 1 aliphatic rings. The Balaban J connectivity index is 2.29. The maximum Gasteiger partial charge on any atom is 0.317 e. The standard InChI is InChI=1S/C14H19NO3/c1-10(2)15(9-14(16)17)12-7-8-18-13-6-4-3-5-11(12)13/h3-6,10,12H,7-9H2,1-2H3,(H,16,17). The van der Waals surface area contributed by atoms with Gasteiger partial charge in [-0.1, -0.05) is 18.2 Å². The Hall–Kier alpha value is -1.55. The SMILES string of the molecule is CC(C)N(CC(=O)O)C1CCOc2ccccc21. The van der Waals surface area contributed by atoms with Crippen LogP contribution in [0.2, 0.25) is 0 Å². The molecule has 4 heteroatoms. The van der Waals surface area contributed by atoms with Crippen LogP contribution in [0.3, 0.4) is 0 Å². The van der Waals surface area contributed by atoms with Crippen LogP contribution < -0.4 is 4.74 Å². The van der Waals surface area contributed by atoms with E-state index in [1.54, 1.807) is 0 Å². The molecule has 1 unspecified atom stereocenters. The Bertz CT molecular complexity index is 431. The molecule has 0 aliphatic carbocycles. The fraction of sp³-hybridized carbons (Fsp3) is 0.500. The molecule has 0 spiro atoms. The van der Waals surface area contributed by atoms with Crippen LogP contribution in [-0.2, 0) is 4.79 Å². The molecular formula is C14H19NO3. The van der Waals surface area contributed by atoms with Crippen LogP contribution in [0.5, 0.6) is 5.75 Å². The average Bonchev–Trinajstić information content (AvgIpc) is 2.35. The molecule has 18 heavy (non-hydrogen) atoms. The minimum absolute atomic E-state index is 0.0661. The van der Waals surface area contributed by atoms with Gasteiger partial charge in [0.1, 0.15) is 5.75 Å². The van der Waals surface area contributed by atoms with Crippen LogP contribution in [0.4, 0.5) is 0 Å². The largest absolute Gasteiger partial charge is 0.493 e. The lowest BCUT2D eigenvalue weighted by molar-refractivity contribution is -0.139. The number of benzene rings is 1. The van der Waals surface area contributed by atoms with E-state index in [1.165, 1.54) is 0 Å². The van der Waals surface area contributed by atoms with E-state index in [9.17, 15) is 4.79 Å². The minimum atomic E-state index is -0.785. The second-order valence-corrected chi connectivity index (χ2v) is 4.85. The van der Waals surface area contributed by atoms with Gasteiger partial charge >= 0.3 is 5.97 Å². The molecule has 1 atom stereocenters. The van der Waals surface area contributed by atoms with Crippen LogP contribution in [0.1, 0.15) is 31.9 Å². The van der Waals surface area contributed by atoms with Crippen LogP contribution in [0, 0.1) is 0 Å². The summed E-state index contributed by atoms with van der Waals surface area (Å²) in [6.45, 7) is 4.77. The number of aliphatic carboxylic acids is 1. The lowest BCUT2D eigenvalue weighted by Crippen LogP contribution is -2.40. The third-order valence-electron chi connectivity index (χ3n) is 3.31. The molecule has 0 aromatic heterocycles. The molecule has 2 rings (SSSR count). The van der Waals surface area contributed by atoms with E-state index in [0.29, 0.717) is 6.61 Å². The lowest BCUT2D eigenvalue weighted by Gasteiger charge is -2.37. The predicted octanol–water partition coefficient (Wildman–Crippen LogP) is 2.31. The van der Waals surface area contributed by atoms with Crippen LogP contribution in [0.15, 0.2) is 24.3 Å². The highest BCUT2D eigenvalue weighted by Crippen LogP contribution is 2.36. The van der Waals surface area contributed by atoms with E-state index >= 15 is 0 Å². The van der Waals surface area contributed by atoms with Crippen molar-refractivity contribution in [3.05, 3.63) is 29.8 Å². The van der Waals surface area contributed by atoms with Gasteiger partial charge in [0.25, 0.3) is 0 Å². The summed E-state index contributed by atoms with van der Waals surface area (Å²) >= 11 is 0. The summed E-state index contributed by atoms with van der Waals surface area (Å²) in [6, 6.07) is 8.21. The average molecular weight is 249 g/mol. The predicted molar refractivity (Wildman–Crippen MR) is 68.8 cm³/mol. The van der Waals surface area contributed by atoms with Gasteiger partial charge in [-0.3, -0.25) is 9.69 Å². The number of hydrogen-bond donors (Lipinski definition) is 1. The number of fused-ring (bicyclic) bond motifs is 1. The van der Waals surface area contributed by atoms with Crippen molar-refractivity contribution in [1.29, 1.82) is 0 Å². The molecule has 0 saturated carbocycles. The highest BCUT2D eigenvalue weighted by atomic mass is 16.5. The fourth-order valence-corrected chi connectivity index (χ4v) is 2.48. The zero-order chi connectivity index (χ0) is 13.1. The number of rotatable bonds is 4. The highest BCUT2D eigenvalue weighted by molar-refractivity contribution is 5.69. The summed E-state index contributed by atoms with van der Waals surface area (Å²) in [5.41, 5.74) is 1.10. The molecular weight excluding hydrogens is 230 g/mol. The third-order valence-corrected chi connectivity index (χ3v) is 3.31. The molecule has 4 nitrogen and oxygen atoms in total. The summed E-state index contributed by atoms with van der Waals surface area (Å²) in [6.07, 6.45) is 0.836. The van der Waals surface area contributed by atoms with Crippen molar-refractivity contribution in [3.8, 4) is 5.75 Å². The first kappa shape index (κ1) is 12.9. The van der Waals surface area contributed by atoms with Crippen LogP contribution in [-0.4, -0.2) is 35.2 Å². The van der Waals surface area contributed by atoms with Crippen molar-refractivity contribution in [1.82, 2.24) is 4.90 Å². The number of para-hydroxylation sites is 1. The van der Waals surface area contributed by atoms with Crippen molar-refractivity contribution in [2.45, 2.75) is 32.4 Å². The second-order valence-electron chi connectivity index (χ2n) is 4.85. The molecule has 1 aromatic carbocycles. The Labute approximate surface area is 107 Å². The Morgan fingerprint density at radius 3 is 2.89 bits per heavy atom. The normalized spacial score (nSPS) is 18.6. The van der Waals surface area contributed by atoms with Crippen molar-refractivity contribution in [2.24, 2.45) is 0 Å².